The lowest BCUT2D eigenvalue weighted by Gasteiger charge is -2.07. The molecule has 0 saturated heterocycles. The molecule has 0 aromatic heterocycles. The van der Waals surface area contributed by atoms with Gasteiger partial charge < -0.3 is 5.32 Å². The van der Waals surface area contributed by atoms with Gasteiger partial charge >= 0.3 is 8.74 Å². The van der Waals surface area contributed by atoms with Gasteiger partial charge in [-0.05, 0) is 19.2 Å². The average molecular weight is 229 g/mol. The number of halogens is 2. The Kier molecular flexibility index (Phi) is 6.03. The van der Waals surface area contributed by atoms with Crippen LogP contribution in [0.15, 0.2) is 0 Å². The maximum absolute atomic E-state index is 12.4. The van der Waals surface area contributed by atoms with E-state index in [0.29, 0.717) is 17.3 Å². The summed E-state index contributed by atoms with van der Waals surface area (Å²) in [5, 5.41) is 2.89. The fourth-order valence-electron chi connectivity index (χ4n) is 0.661. The maximum Gasteiger partial charge on any atom is 0.422 e. The predicted molar refractivity (Wildman–Crippen MR) is 57.4 cm³/mol. The third-order valence-corrected chi connectivity index (χ3v) is 3.64. The average Bonchev–Trinajstić information content (AvgIpc) is 1.96. The summed E-state index contributed by atoms with van der Waals surface area (Å²) in [4.78, 5) is 0. The lowest BCUT2D eigenvalue weighted by molar-refractivity contribution is 0.596. The minimum absolute atomic E-state index is 0.0526. The van der Waals surface area contributed by atoms with Crippen LogP contribution in [-0.2, 0) is 0 Å². The van der Waals surface area contributed by atoms with Crippen LogP contribution in [-0.4, -0.2) is 25.9 Å². The van der Waals surface area contributed by atoms with E-state index in [1.807, 2.05) is 6.26 Å². The Morgan fingerprint density at radius 2 is 2.17 bits per heavy atom. The van der Waals surface area contributed by atoms with Crippen LogP contribution in [0.3, 0.4) is 0 Å². The van der Waals surface area contributed by atoms with E-state index in [-0.39, 0.29) is 6.04 Å². The van der Waals surface area contributed by atoms with E-state index in [1.54, 1.807) is 0 Å². The standard InChI is InChI=1S/C6H13F2NS2Si/c1-11-6(10)9-4-3-5-12(2,7)8/h3-5H2,1-2H3,(H,9,10). The van der Waals surface area contributed by atoms with E-state index in [9.17, 15) is 8.22 Å². The molecule has 0 heterocycles. The summed E-state index contributed by atoms with van der Waals surface area (Å²) in [6.07, 6.45) is 2.37. The van der Waals surface area contributed by atoms with Gasteiger partial charge in [0.2, 0.25) is 0 Å². The normalized spacial score (nSPS) is 11.3. The van der Waals surface area contributed by atoms with Crippen molar-refractivity contribution in [3.05, 3.63) is 0 Å². The fourth-order valence-corrected chi connectivity index (χ4v) is 1.81. The van der Waals surface area contributed by atoms with Crippen LogP contribution in [0, 0.1) is 0 Å². The Labute approximate surface area is 82.7 Å². The second-order valence-corrected chi connectivity index (χ2v) is 6.72. The predicted octanol–water partition coefficient (Wildman–Crippen LogP) is 2.63. The zero-order chi connectivity index (χ0) is 9.61. The Balaban J connectivity index is 3.28. The van der Waals surface area contributed by atoms with Gasteiger partial charge in [0.15, 0.2) is 0 Å². The van der Waals surface area contributed by atoms with Crippen molar-refractivity contribution < 1.29 is 8.22 Å². The van der Waals surface area contributed by atoms with E-state index < -0.39 is 8.74 Å². The van der Waals surface area contributed by atoms with E-state index in [0.717, 1.165) is 6.55 Å². The van der Waals surface area contributed by atoms with Crippen LogP contribution in [0.5, 0.6) is 0 Å². The van der Waals surface area contributed by atoms with E-state index in [4.69, 9.17) is 12.2 Å². The molecule has 0 fully saturated rings. The molecule has 0 rings (SSSR count). The SMILES string of the molecule is CSC(=S)NCCC[Si](C)(F)F. The first kappa shape index (κ1) is 12.3. The minimum atomic E-state index is -3.83. The summed E-state index contributed by atoms with van der Waals surface area (Å²) in [6, 6.07) is 0.0526. The first-order valence-corrected chi connectivity index (χ1v) is 7.75. The number of rotatable bonds is 4. The lowest BCUT2D eigenvalue weighted by atomic mass is 10.5. The van der Waals surface area contributed by atoms with Crippen molar-refractivity contribution >= 4 is 37.0 Å². The highest BCUT2D eigenvalue weighted by molar-refractivity contribution is 8.22. The zero-order valence-electron chi connectivity index (χ0n) is 7.19. The fraction of sp³-hybridized carbons (Fsp3) is 0.833. The van der Waals surface area contributed by atoms with Crippen molar-refractivity contribution in [1.29, 1.82) is 0 Å². The second-order valence-electron chi connectivity index (χ2n) is 2.59. The molecule has 0 spiro atoms. The Hall–Kier alpha value is 0.317. The molecule has 0 amide bonds. The quantitative estimate of drug-likeness (QED) is 0.344. The number of nitrogens with one attached hydrogen (secondary N) is 1. The molecule has 0 aliphatic carbocycles. The number of hydrogen-bond acceptors (Lipinski definition) is 2. The van der Waals surface area contributed by atoms with Crippen LogP contribution in [0.2, 0.25) is 12.6 Å². The molecule has 12 heavy (non-hydrogen) atoms. The highest BCUT2D eigenvalue weighted by Gasteiger charge is 2.26. The van der Waals surface area contributed by atoms with Crippen molar-refractivity contribution in [2.45, 2.75) is 19.0 Å². The van der Waals surface area contributed by atoms with Gasteiger partial charge in [-0.15, -0.1) is 11.8 Å². The van der Waals surface area contributed by atoms with Crippen LogP contribution < -0.4 is 5.32 Å². The van der Waals surface area contributed by atoms with Gasteiger partial charge in [-0.1, -0.05) is 12.2 Å². The topological polar surface area (TPSA) is 12.0 Å². The van der Waals surface area contributed by atoms with Crippen LogP contribution in [0.4, 0.5) is 8.22 Å². The van der Waals surface area contributed by atoms with Gasteiger partial charge in [0.25, 0.3) is 0 Å². The summed E-state index contributed by atoms with van der Waals surface area (Å²) >= 11 is 6.26. The molecule has 0 saturated carbocycles. The van der Waals surface area contributed by atoms with Gasteiger partial charge in [0.1, 0.15) is 4.32 Å². The minimum Gasteiger partial charge on any atom is -0.371 e. The molecule has 1 nitrogen and oxygen atoms in total. The molecule has 0 radical (unpaired) electrons. The number of thioether (sulfide) groups is 1. The van der Waals surface area contributed by atoms with Gasteiger partial charge in [-0.3, -0.25) is 8.22 Å². The summed E-state index contributed by atoms with van der Waals surface area (Å²) < 4.78 is 25.5. The van der Waals surface area contributed by atoms with Gasteiger partial charge in [-0.2, -0.15) is 0 Å². The van der Waals surface area contributed by atoms with Gasteiger partial charge in [0, 0.05) is 12.6 Å². The first-order valence-electron chi connectivity index (χ1n) is 3.65. The van der Waals surface area contributed by atoms with Crippen molar-refractivity contribution in [3.63, 3.8) is 0 Å². The molecule has 1 N–H and O–H groups in total. The molecule has 0 bridgehead atoms. The Morgan fingerprint density at radius 1 is 1.58 bits per heavy atom. The molecule has 72 valence electrons. The summed E-state index contributed by atoms with van der Waals surface area (Å²) in [5.41, 5.74) is 0. The third kappa shape index (κ3) is 8.41. The van der Waals surface area contributed by atoms with Gasteiger partial charge in [-0.25, -0.2) is 0 Å². The largest absolute Gasteiger partial charge is 0.422 e. The first-order chi connectivity index (χ1) is 5.45. The Bertz CT molecular complexity index is 149. The Morgan fingerprint density at radius 3 is 2.58 bits per heavy atom. The molecule has 6 heteroatoms. The van der Waals surface area contributed by atoms with E-state index in [1.165, 1.54) is 11.8 Å². The van der Waals surface area contributed by atoms with Crippen molar-refractivity contribution in [2.24, 2.45) is 0 Å². The highest BCUT2D eigenvalue weighted by Crippen LogP contribution is 2.14. The lowest BCUT2D eigenvalue weighted by Crippen LogP contribution is -2.23. The van der Waals surface area contributed by atoms with Crippen molar-refractivity contribution in [1.82, 2.24) is 5.32 Å². The molecular weight excluding hydrogens is 216 g/mol. The molecule has 0 aliphatic heterocycles. The van der Waals surface area contributed by atoms with Gasteiger partial charge in [0.05, 0.1) is 0 Å². The monoisotopic (exact) mass is 229 g/mol. The smallest absolute Gasteiger partial charge is 0.371 e. The number of thiocarbonyl (C=S) groups is 1. The zero-order valence-corrected chi connectivity index (χ0v) is 9.83. The molecular formula is C6H13F2NS2Si. The van der Waals surface area contributed by atoms with Crippen molar-refractivity contribution in [2.75, 3.05) is 12.8 Å². The summed E-state index contributed by atoms with van der Waals surface area (Å²) in [6.45, 7) is 1.63. The van der Waals surface area contributed by atoms with E-state index >= 15 is 0 Å². The number of hydrogen-bond donors (Lipinski definition) is 1. The van der Waals surface area contributed by atoms with E-state index in [2.05, 4.69) is 5.32 Å². The second kappa shape index (κ2) is 5.88. The van der Waals surface area contributed by atoms with Crippen molar-refractivity contribution in [3.8, 4) is 0 Å². The van der Waals surface area contributed by atoms with Crippen LogP contribution in [0.1, 0.15) is 6.42 Å². The molecule has 0 unspecified atom stereocenters. The molecule has 0 aromatic carbocycles. The third-order valence-electron chi connectivity index (χ3n) is 1.25. The maximum atomic E-state index is 12.4. The molecule has 0 atom stereocenters. The summed E-state index contributed by atoms with van der Waals surface area (Å²) in [5.74, 6) is 0. The van der Waals surface area contributed by atoms with Crippen LogP contribution >= 0.6 is 24.0 Å². The highest BCUT2D eigenvalue weighted by atomic mass is 32.2. The molecule has 0 aliphatic rings. The molecule has 0 aromatic rings. The van der Waals surface area contributed by atoms with Crippen LogP contribution in [0.25, 0.3) is 0 Å². The summed E-state index contributed by atoms with van der Waals surface area (Å²) in [7, 11) is -3.83.